The third kappa shape index (κ3) is 6.77. The average molecular weight is 585 g/mol. The maximum Gasteiger partial charge on any atom is 0.266 e. The largest absolute Gasteiger partial charge is 0.492 e. The number of nitrogens with zero attached hydrogens (tertiary/aromatic N) is 1. The van der Waals surface area contributed by atoms with Gasteiger partial charge in [0.05, 0.1) is 17.1 Å². The summed E-state index contributed by atoms with van der Waals surface area (Å²) in [4.78, 5) is 17.9. The van der Waals surface area contributed by atoms with Crippen molar-refractivity contribution in [2.45, 2.75) is 32.3 Å². The van der Waals surface area contributed by atoms with E-state index in [0.717, 1.165) is 64.5 Å². The van der Waals surface area contributed by atoms with Crippen LogP contribution in [0.2, 0.25) is 5.02 Å². The molecule has 0 amide bonds. The smallest absolute Gasteiger partial charge is 0.266 e. The summed E-state index contributed by atoms with van der Waals surface area (Å²) >= 11 is 6.45. The van der Waals surface area contributed by atoms with Crippen LogP contribution in [0.1, 0.15) is 30.5 Å². The van der Waals surface area contributed by atoms with Gasteiger partial charge in [0, 0.05) is 34.1 Å². The molecule has 8 nitrogen and oxygen atoms in total. The number of nitriles is 1. The van der Waals surface area contributed by atoms with Crippen LogP contribution < -0.4 is 20.3 Å². The number of benzene rings is 3. The van der Waals surface area contributed by atoms with Gasteiger partial charge in [0.15, 0.2) is 0 Å². The Kier molecular flexibility index (Phi) is 9.45. The predicted molar refractivity (Wildman–Crippen MR) is 166 cm³/mol. The number of rotatable bonds is 13. The molecule has 9 heteroatoms. The summed E-state index contributed by atoms with van der Waals surface area (Å²) in [6.07, 6.45) is 2.16. The monoisotopic (exact) mass is 584 g/mol. The number of aromatic nitrogens is 2. The van der Waals surface area contributed by atoms with Crippen molar-refractivity contribution in [3.63, 3.8) is 0 Å². The lowest BCUT2D eigenvalue weighted by Crippen LogP contribution is -2.32. The van der Waals surface area contributed by atoms with E-state index in [1.165, 1.54) is 0 Å². The van der Waals surface area contributed by atoms with Gasteiger partial charge in [-0.05, 0) is 74.7 Å². The molecule has 0 radical (unpaired) electrons. The van der Waals surface area contributed by atoms with Crippen LogP contribution in [0, 0.1) is 18.3 Å². The van der Waals surface area contributed by atoms with Gasteiger partial charge < -0.3 is 29.9 Å². The van der Waals surface area contributed by atoms with E-state index in [-0.39, 0.29) is 12.2 Å². The number of pyridine rings is 1. The molecule has 0 saturated heterocycles. The van der Waals surface area contributed by atoms with Crippen molar-refractivity contribution in [2.75, 3.05) is 26.3 Å². The van der Waals surface area contributed by atoms with E-state index in [1.807, 2.05) is 48.5 Å². The molecule has 1 atom stereocenters. The third-order valence-corrected chi connectivity index (χ3v) is 7.46. The fourth-order valence-electron chi connectivity index (χ4n) is 5.00. The van der Waals surface area contributed by atoms with Crippen LogP contribution in [0.25, 0.3) is 32.9 Å². The highest BCUT2D eigenvalue weighted by molar-refractivity contribution is 6.32. The van der Waals surface area contributed by atoms with Gasteiger partial charge in [-0.2, -0.15) is 5.26 Å². The SMILES string of the molecule is Cc1[nH]c(=O)c(C#N)cc1-c1ccc(OCCCCCNCC(O)COc2cccc3[nH]c4ccccc4c23)c(Cl)c1. The molecule has 0 aliphatic heterocycles. The van der Waals surface area contributed by atoms with Crippen LogP contribution >= 0.6 is 11.6 Å². The highest BCUT2D eigenvalue weighted by Gasteiger charge is 2.12. The molecule has 0 aliphatic rings. The first-order valence-electron chi connectivity index (χ1n) is 14.0. The Morgan fingerprint density at radius 3 is 2.64 bits per heavy atom. The number of aliphatic hydroxyl groups excluding tert-OH is 1. The summed E-state index contributed by atoms with van der Waals surface area (Å²) in [6.45, 7) is 3.76. The quantitative estimate of drug-likeness (QED) is 0.124. The van der Waals surface area contributed by atoms with Crippen LogP contribution in [0.5, 0.6) is 11.5 Å². The molecule has 5 aromatic rings. The van der Waals surface area contributed by atoms with Crippen LogP contribution in [0.3, 0.4) is 0 Å². The second-order valence-corrected chi connectivity index (χ2v) is 10.6. The molecule has 2 heterocycles. The van der Waals surface area contributed by atoms with Gasteiger partial charge in [-0.3, -0.25) is 4.79 Å². The van der Waals surface area contributed by atoms with Crippen LogP contribution in [-0.4, -0.2) is 47.5 Å². The number of aromatic amines is 2. The minimum atomic E-state index is -0.620. The summed E-state index contributed by atoms with van der Waals surface area (Å²) in [5.74, 6) is 1.35. The first kappa shape index (κ1) is 29.2. The molecule has 0 saturated carbocycles. The number of para-hydroxylation sites is 1. The normalized spacial score (nSPS) is 12.0. The summed E-state index contributed by atoms with van der Waals surface area (Å²) in [7, 11) is 0. The molecule has 2 aromatic heterocycles. The number of aliphatic hydroxyl groups is 1. The topological polar surface area (TPSA) is 123 Å². The highest BCUT2D eigenvalue weighted by Crippen LogP contribution is 2.33. The summed E-state index contributed by atoms with van der Waals surface area (Å²) in [6, 6.07) is 23.0. The zero-order chi connectivity index (χ0) is 29.5. The third-order valence-electron chi connectivity index (χ3n) is 7.16. The molecule has 4 N–H and O–H groups in total. The number of hydrogen-bond donors (Lipinski definition) is 4. The molecule has 42 heavy (non-hydrogen) atoms. The fourth-order valence-corrected chi connectivity index (χ4v) is 5.24. The Morgan fingerprint density at radius 2 is 1.81 bits per heavy atom. The molecule has 1 unspecified atom stereocenters. The lowest BCUT2D eigenvalue weighted by molar-refractivity contribution is 0.107. The van der Waals surface area contributed by atoms with E-state index in [1.54, 1.807) is 25.1 Å². The van der Waals surface area contributed by atoms with Gasteiger partial charge in [-0.25, -0.2) is 0 Å². The van der Waals surface area contributed by atoms with Gasteiger partial charge in [-0.1, -0.05) is 41.9 Å². The van der Waals surface area contributed by atoms with Crippen molar-refractivity contribution < 1.29 is 14.6 Å². The number of aryl methyl sites for hydroxylation is 1. The van der Waals surface area contributed by atoms with E-state index in [2.05, 4.69) is 21.4 Å². The van der Waals surface area contributed by atoms with E-state index < -0.39 is 11.7 Å². The number of ether oxygens (including phenoxy) is 2. The van der Waals surface area contributed by atoms with E-state index in [4.69, 9.17) is 26.3 Å². The van der Waals surface area contributed by atoms with Gasteiger partial charge in [0.2, 0.25) is 0 Å². The van der Waals surface area contributed by atoms with Gasteiger partial charge in [-0.15, -0.1) is 0 Å². The number of halogens is 1. The second kappa shape index (κ2) is 13.6. The molecule has 0 aliphatic carbocycles. The lowest BCUT2D eigenvalue weighted by atomic mass is 10.0. The molecule has 216 valence electrons. The Bertz CT molecular complexity index is 1790. The minimum Gasteiger partial charge on any atom is -0.492 e. The minimum absolute atomic E-state index is 0.0590. The zero-order valence-corrected chi connectivity index (χ0v) is 24.1. The first-order valence-corrected chi connectivity index (χ1v) is 14.4. The lowest BCUT2D eigenvalue weighted by Gasteiger charge is -2.14. The second-order valence-electron chi connectivity index (χ2n) is 10.2. The summed E-state index contributed by atoms with van der Waals surface area (Å²) < 4.78 is 11.9. The highest BCUT2D eigenvalue weighted by atomic mass is 35.5. The average Bonchev–Trinajstić information content (AvgIpc) is 3.37. The first-order chi connectivity index (χ1) is 20.4. The number of nitrogens with one attached hydrogen (secondary N) is 3. The standard InChI is InChI=1S/C33H33ClN4O4/c1-21-26(16-23(18-35)33(40)37-21)22-12-13-30(27(34)17-22)41-15-6-2-5-14-36-19-24(39)20-42-31-11-7-10-29-32(31)25-8-3-4-9-28(25)38-29/h3-4,7-13,16-17,24,36,38-39H,2,5-6,14-15,19-20H2,1H3,(H,37,40). The van der Waals surface area contributed by atoms with Crippen molar-refractivity contribution in [3.8, 4) is 28.7 Å². The van der Waals surface area contributed by atoms with E-state index in [9.17, 15) is 9.90 Å². The van der Waals surface area contributed by atoms with Crippen LogP contribution in [0.4, 0.5) is 0 Å². The molecule has 5 rings (SSSR count). The van der Waals surface area contributed by atoms with Crippen molar-refractivity contribution >= 4 is 33.4 Å². The molecular weight excluding hydrogens is 552 g/mol. The molecular formula is C33H33ClN4O4. The Labute approximate surface area is 248 Å². The van der Waals surface area contributed by atoms with Gasteiger partial charge in [0.25, 0.3) is 5.56 Å². The van der Waals surface area contributed by atoms with E-state index in [0.29, 0.717) is 29.6 Å². The summed E-state index contributed by atoms with van der Waals surface area (Å²) in [5, 5.41) is 25.5. The van der Waals surface area contributed by atoms with Gasteiger partial charge >= 0.3 is 0 Å². The number of unbranched alkanes of at least 4 members (excludes halogenated alkanes) is 2. The molecule has 3 aromatic carbocycles. The number of hydrogen-bond acceptors (Lipinski definition) is 6. The van der Waals surface area contributed by atoms with Crippen molar-refractivity contribution in [2.24, 2.45) is 0 Å². The zero-order valence-electron chi connectivity index (χ0n) is 23.4. The van der Waals surface area contributed by atoms with Crippen LogP contribution in [0.15, 0.2) is 71.5 Å². The molecule has 0 bridgehead atoms. The Morgan fingerprint density at radius 1 is 0.976 bits per heavy atom. The number of fused-ring (bicyclic) bond motifs is 3. The van der Waals surface area contributed by atoms with E-state index >= 15 is 0 Å². The van der Waals surface area contributed by atoms with Gasteiger partial charge in [0.1, 0.15) is 35.8 Å². The van der Waals surface area contributed by atoms with Crippen LogP contribution in [-0.2, 0) is 0 Å². The Hall–Kier alpha value is -4.29. The maximum atomic E-state index is 11.8. The molecule has 0 spiro atoms. The fraction of sp³-hybridized carbons (Fsp3) is 0.273. The number of H-pyrrole nitrogens is 2. The Balaban J connectivity index is 0.999. The predicted octanol–water partition coefficient (Wildman–Crippen LogP) is 6.09. The van der Waals surface area contributed by atoms with Crippen molar-refractivity contribution in [3.05, 3.63) is 93.4 Å². The molecule has 0 fully saturated rings. The summed E-state index contributed by atoms with van der Waals surface area (Å²) in [5.41, 5.74) is 3.94. The van der Waals surface area contributed by atoms with Crippen molar-refractivity contribution in [1.82, 2.24) is 15.3 Å². The maximum absolute atomic E-state index is 11.8. The van der Waals surface area contributed by atoms with Crippen molar-refractivity contribution in [1.29, 1.82) is 5.26 Å².